The lowest BCUT2D eigenvalue weighted by molar-refractivity contribution is 0.0696. The summed E-state index contributed by atoms with van der Waals surface area (Å²) in [6.07, 6.45) is 0. The van der Waals surface area contributed by atoms with Crippen LogP contribution in [0.25, 0.3) is 0 Å². The van der Waals surface area contributed by atoms with Crippen LogP contribution in [0.4, 0.5) is 0 Å². The summed E-state index contributed by atoms with van der Waals surface area (Å²) >= 11 is 0. The molecule has 1 atom stereocenters. The van der Waals surface area contributed by atoms with Gasteiger partial charge in [-0.25, -0.2) is 4.79 Å². The highest BCUT2D eigenvalue weighted by molar-refractivity contribution is 7.84. The zero-order valence-corrected chi connectivity index (χ0v) is 11.7. The summed E-state index contributed by atoms with van der Waals surface area (Å²) in [6, 6.07) is 6.39. The van der Waals surface area contributed by atoms with Crippen molar-refractivity contribution in [1.82, 2.24) is 5.32 Å². The molecule has 1 rings (SSSR count). The van der Waals surface area contributed by atoms with Gasteiger partial charge in [0.2, 0.25) is 0 Å². The third-order valence-electron chi connectivity index (χ3n) is 2.46. The molecule has 0 saturated carbocycles. The molecule has 0 radical (unpaired) electrons. The Labute approximate surface area is 115 Å². The van der Waals surface area contributed by atoms with Crippen LogP contribution in [0.15, 0.2) is 24.3 Å². The zero-order valence-electron chi connectivity index (χ0n) is 10.9. The molecule has 1 aromatic carbocycles. The summed E-state index contributed by atoms with van der Waals surface area (Å²) in [6.45, 7) is 3.67. The normalized spacial score (nSPS) is 12.1. The highest BCUT2D eigenvalue weighted by Gasteiger charge is 2.03. The maximum atomic E-state index is 11.2. The Morgan fingerprint density at radius 2 is 2.21 bits per heavy atom. The van der Waals surface area contributed by atoms with Crippen molar-refractivity contribution in [3.8, 4) is 5.75 Å². The fourth-order valence-electron chi connectivity index (χ4n) is 1.42. The summed E-state index contributed by atoms with van der Waals surface area (Å²) in [5, 5.41) is 12.0. The predicted molar refractivity (Wildman–Crippen MR) is 75.3 cm³/mol. The van der Waals surface area contributed by atoms with Crippen LogP contribution in [0.5, 0.6) is 5.75 Å². The number of nitrogens with one attached hydrogen (secondary N) is 1. The zero-order chi connectivity index (χ0) is 14.1. The highest BCUT2D eigenvalue weighted by Crippen LogP contribution is 2.12. The van der Waals surface area contributed by atoms with Crippen molar-refractivity contribution < 1.29 is 18.8 Å². The molecule has 1 aromatic rings. The Morgan fingerprint density at radius 1 is 1.42 bits per heavy atom. The molecule has 19 heavy (non-hydrogen) atoms. The molecular weight excluding hydrogens is 266 g/mol. The van der Waals surface area contributed by atoms with Crippen LogP contribution in [-0.4, -0.2) is 46.5 Å². The van der Waals surface area contributed by atoms with Gasteiger partial charge >= 0.3 is 5.97 Å². The summed E-state index contributed by atoms with van der Waals surface area (Å²) in [7, 11) is -0.745. The molecule has 6 heteroatoms. The lowest BCUT2D eigenvalue weighted by Gasteiger charge is -2.07. The van der Waals surface area contributed by atoms with E-state index in [0.29, 0.717) is 37.0 Å². The van der Waals surface area contributed by atoms with Crippen molar-refractivity contribution >= 4 is 16.8 Å². The number of ether oxygens (including phenoxy) is 1. The van der Waals surface area contributed by atoms with Crippen LogP contribution in [-0.2, 0) is 10.8 Å². The van der Waals surface area contributed by atoms with Crippen molar-refractivity contribution in [2.45, 2.75) is 6.92 Å². The van der Waals surface area contributed by atoms with E-state index in [9.17, 15) is 9.00 Å². The van der Waals surface area contributed by atoms with Crippen LogP contribution in [0.2, 0.25) is 0 Å². The monoisotopic (exact) mass is 285 g/mol. The summed E-state index contributed by atoms with van der Waals surface area (Å²) < 4.78 is 16.6. The van der Waals surface area contributed by atoms with Crippen LogP contribution < -0.4 is 10.1 Å². The van der Waals surface area contributed by atoms with E-state index < -0.39 is 16.8 Å². The van der Waals surface area contributed by atoms with E-state index in [1.165, 1.54) is 12.1 Å². The van der Waals surface area contributed by atoms with Gasteiger partial charge < -0.3 is 15.2 Å². The number of carbonyl (C=O) groups is 1. The molecule has 106 valence electrons. The van der Waals surface area contributed by atoms with Crippen molar-refractivity contribution in [3.05, 3.63) is 29.8 Å². The maximum Gasteiger partial charge on any atom is 0.335 e. The van der Waals surface area contributed by atoms with Gasteiger partial charge in [-0.1, -0.05) is 13.0 Å². The van der Waals surface area contributed by atoms with Gasteiger partial charge in [-0.2, -0.15) is 0 Å². The minimum Gasteiger partial charge on any atom is -0.492 e. The molecule has 0 aliphatic carbocycles. The predicted octanol–water partition coefficient (Wildman–Crippen LogP) is 1.12. The summed E-state index contributed by atoms with van der Waals surface area (Å²) in [5.41, 5.74) is 0.212. The number of carboxylic acids is 1. The number of aromatic carboxylic acids is 1. The molecule has 0 aliphatic heterocycles. The first-order valence-electron chi connectivity index (χ1n) is 6.15. The average molecular weight is 285 g/mol. The van der Waals surface area contributed by atoms with Crippen molar-refractivity contribution in [2.24, 2.45) is 0 Å². The minimum absolute atomic E-state index is 0.212. The second-order valence-electron chi connectivity index (χ2n) is 3.86. The van der Waals surface area contributed by atoms with Crippen molar-refractivity contribution in [1.29, 1.82) is 0 Å². The van der Waals surface area contributed by atoms with Gasteiger partial charge in [0.25, 0.3) is 0 Å². The van der Waals surface area contributed by atoms with Gasteiger partial charge in [-0.05, 0) is 18.2 Å². The molecule has 5 nitrogen and oxygen atoms in total. The van der Waals surface area contributed by atoms with E-state index in [1.807, 2.05) is 6.92 Å². The number of rotatable bonds is 9. The van der Waals surface area contributed by atoms with Gasteiger partial charge in [0.15, 0.2) is 0 Å². The van der Waals surface area contributed by atoms with E-state index in [1.54, 1.807) is 12.1 Å². The lowest BCUT2D eigenvalue weighted by Crippen LogP contribution is -2.25. The molecular formula is C13H19NO4S. The van der Waals surface area contributed by atoms with E-state index in [0.717, 1.165) is 0 Å². The highest BCUT2D eigenvalue weighted by atomic mass is 32.2. The number of carboxylic acid groups (broad SMARTS) is 1. The second kappa shape index (κ2) is 8.66. The Hall–Kier alpha value is -1.40. The Bertz CT molecular complexity index is 436. The second-order valence-corrected chi connectivity index (χ2v) is 5.73. The number of benzene rings is 1. The smallest absolute Gasteiger partial charge is 0.335 e. The van der Waals surface area contributed by atoms with Gasteiger partial charge in [-0.3, -0.25) is 4.21 Å². The van der Waals surface area contributed by atoms with E-state index in [-0.39, 0.29) is 5.56 Å². The Balaban J connectivity index is 2.21. The topological polar surface area (TPSA) is 75.6 Å². The maximum absolute atomic E-state index is 11.2. The summed E-state index contributed by atoms with van der Waals surface area (Å²) in [5.74, 6) is 0.898. The van der Waals surface area contributed by atoms with Gasteiger partial charge in [0, 0.05) is 35.4 Å². The fraction of sp³-hybridized carbons (Fsp3) is 0.462. The van der Waals surface area contributed by atoms with Gasteiger partial charge in [0.1, 0.15) is 12.4 Å². The summed E-state index contributed by atoms with van der Waals surface area (Å²) in [4.78, 5) is 10.8. The van der Waals surface area contributed by atoms with Gasteiger partial charge in [-0.15, -0.1) is 0 Å². The van der Waals surface area contributed by atoms with E-state index in [2.05, 4.69) is 5.32 Å². The average Bonchev–Trinajstić information content (AvgIpc) is 2.42. The van der Waals surface area contributed by atoms with E-state index >= 15 is 0 Å². The van der Waals surface area contributed by atoms with Crippen LogP contribution in [0.3, 0.4) is 0 Å². The van der Waals surface area contributed by atoms with Crippen molar-refractivity contribution in [2.75, 3.05) is 31.2 Å². The first-order valence-corrected chi connectivity index (χ1v) is 7.64. The van der Waals surface area contributed by atoms with Gasteiger partial charge in [0.05, 0.1) is 5.56 Å². The number of hydrogen-bond acceptors (Lipinski definition) is 4. The van der Waals surface area contributed by atoms with E-state index in [4.69, 9.17) is 9.84 Å². The first-order chi connectivity index (χ1) is 9.13. The number of hydrogen-bond donors (Lipinski definition) is 2. The minimum atomic E-state index is -0.967. The Morgan fingerprint density at radius 3 is 2.89 bits per heavy atom. The Kier molecular flexibility index (Phi) is 7.14. The lowest BCUT2D eigenvalue weighted by atomic mass is 10.2. The molecule has 0 aliphatic rings. The molecule has 0 fully saturated rings. The first kappa shape index (κ1) is 15.7. The molecule has 0 amide bonds. The third kappa shape index (κ3) is 6.35. The molecule has 0 bridgehead atoms. The quantitative estimate of drug-likeness (QED) is 0.665. The molecule has 0 saturated heterocycles. The van der Waals surface area contributed by atoms with Crippen LogP contribution in [0, 0.1) is 0 Å². The van der Waals surface area contributed by atoms with Crippen LogP contribution in [0.1, 0.15) is 17.3 Å². The molecule has 1 unspecified atom stereocenters. The standard InChI is InChI=1S/C13H19NO4S/c1-2-19(17)9-7-14-6-8-18-12-5-3-4-11(10-12)13(15)16/h3-5,10,14H,2,6-9H2,1H3,(H,15,16). The molecule has 0 spiro atoms. The molecule has 0 aromatic heterocycles. The largest absolute Gasteiger partial charge is 0.492 e. The third-order valence-corrected chi connectivity index (χ3v) is 3.76. The van der Waals surface area contributed by atoms with Crippen molar-refractivity contribution in [3.63, 3.8) is 0 Å². The molecule has 0 heterocycles. The SMILES string of the molecule is CCS(=O)CCNCCOc1cccc(C(=O)O)c1. The molecule has 2 N–H and O–H groups in total. The fourth-order valence-corrected chi connectivity index (χ4v) is 2.08. The van der Waals surface area contributed by atoms with Crippen LogP contribution >= 0.6 is 0 Å².